The molecule has 0 unspecified atom stereocenters. The Balaban J connectivity index is 1.77. The van der Waals surface area contributed by atoms with Gasteiger partial charge in [-0.3, -0.25) is 0 Å². The third-order valence-electron chi connectivity index (χ3n) is 4.54. The van der Waals surface area contributed by atoms with Crippen LogP contribution in [0.15, 0.2) is 60.8 Å². The molecule has 1 aliphatic rings. The average Bonchev–Trinajstić information content (AvgIpc) is 2.97. The number of halogens is 1. The van der Waals surface area contributed by atoms with Crippen LogP contribution in [0.25, 0.3) is 21.9 Å². The standard InChI is InChI=1S/C21H20IN2S/c1-23-19-9-4-5-10-20(19)25-21(23)15-16-11-14-24(13-6-12-22)18-8-3-2-7-17(16)18/h2-5,7-11,14-15H,6,12-13H2,1H3/q+1. The summed E-state index contributed by atoms with van der Waals surface area (Å²) in [5.41, 5.74) is 5.19. The van der Waals surface area contributed by atoms with Gasteiger partial charge in [0.05, 0.1) is 0 Å². The first kappa shape index (κ1) is 16.8. The largest absolute Gasteiger partial charge is 0.347 e. The molecule has 3 aromatic rings. The number of aryl methyl sites for hydroxylation is 1. The highest BCUT2D eigenvalue weighted by Gasteiger charge is 2.19. The van der Waals surface area contributed by atoms with Gasteiger partial charge in [-0.05, 0) is 30.2 Å². The SMILES string of the molecule is C[n+]1c(/C=C2\C=CN(CCCI)c3ccccc32)sc2ccccc21. The van der Waals surface area contributed by atoms with Crippen LogP contribution in [0.4, 0.5) is 5.69 Å². The van der Waals surface area contributed by atoms with Gasteiger partial charge in [-0.2, -0.15) is 4.57 Å². The summed E-state index contributed by atoms with van der Waals surface area (Å²) in [7, 11) is 2.15. The van der Waals surface area contributed by atoms with Crippen LogP contribution in [-0.2, 0) is 7.05 Å². The first-order chi connectivity index (χ1) is 12.3. The van der Waals surface area contributed by atoms with Gasteiger partial charge in [-0.25, -0.2) is 0 Å². The lowest BCUT2D eigenvalue weighted by Gasteiger charge is -2.27. The van der Waals surface area contributed by atoms with E-state index in [9.17, 15) is 0 Å². The van der Waals surface area contributed by atoms with E-state index in [0.29, 0.717) is 0 Å². The monoisotopic (exact) mass is 459 g/mol. The van der Waals surface area contributed by atoms with E-state index in [1.807, 2.05) is 11.3 Å². The summed E-state index contributed by atoms with van der Waals surface area (Å²) in [5, 5.41) is 1.27. The van der Waals surface area contributed by atoms with Gasteiger partial charge >= 0.3 is 0 Å². The van der Waals surface area contributed by atoms with Crippen molar-refractivity contribution in [3.8, 4) is 0 Å². The number of thiazole rings is 1. The third-order valence-corrected chi connectivity index (χ3v) is 6.47. The topological polar surface area (TPSA) is 7.12 Å². The van der Waals surface area contributed by atoms with Gasteiger partial charge in [0.1, 0.15) is 11.7 Å². The number of fused-ring (bicyclic) bond motifs is 2. The molecule has 0 saturated carbocycles. The van der Waals surface area contributed by atoms with Crippen molar-refractivity contribution in [2.45, 2.75) is 6.42 Å². The number of para-hydroxylation sites is 2. The molecule has 0 spiro atoms. The summed E-state index contributed by atoms with van der Waals surface area (Å²) in [6.07, 6.45) is 7.99. The predicted molar refractivity (Wildman–Crippen MR) is 117 cm³/mol. The molecule has 0 N–H and O–H groups in total. The molecule has 0 bridgehead atoms. The lowest BCUT2D eigenvalue weighted by Crippen LogP contribution is -2.29. The van der Waals surface area contributed by atoms with Crippen molar-refractivity contribution in [2.75, 3.05) is 15.9 Å². The maximum absolute atomic E-state index is 2.45. The number of alkyl halides is 1. The van der Waals surface area contributed by atoms with Crippen LogP contribution in [-0.4, -0.2) is 11.0 Å². The van der Waals surface area contributed by atoms with Crippen molar-refractivity contribution in [2.24, 2.45) is 7.05 Å². The number of hydrogen-bond donors (Lipinski definition) is 0. The second-order valence-electron chi connectivity index (χ2n) is 6.14. The van der Waals surface area contributed by atoms with Crippen LogP contribution in [0, 0.1) is 0 Å². The highest BCUT2D eigenvalue weighted by molar-refractivity contribution is 14.1. The zero-order valence-electron chi connectivity index (χ0n) is 14.2. The number of nitrogens with zero attached hydrogens (tertiary/aromatic N) is 2. The zero-order chi connectivity index (χ0) is 17.2. The molecule has 0 radical (unpaired) electrons. The van der Waals surface area contributed by atoms with Gasteiger partial charge in [0, 0.05) is 40.6 Å². The van der Waals surface area contributed by atoms with Crippen LogP contribution in [0.1, 0.15) is 17.0 Å². The minimum Gasteiger partial charge on any atom is -0.347 e. The Labute approximate surface area is 166 Å². The maximum atomic E-state index is 2.45. The lowest BCUT2D eigenvalue weighted by molar-refractivity contribution is -0.642. The Hall–Kier alpha value is -1.66. The molecule has 25 heavy (non-hydrogen) atoms. The molecule has 2 nitrogen and oxygen atoms in total. The van der Waals surface area contributed by atoms with Crippen molar-refractivity contribution in [1.82, 2.24) is 0 Å². The summed E-state index contributed by atoms with van der Waals surface area (Å²) in [6, 6.07) is 17.3. The summed E-state index contributed by atoms with van der Waals surface area (Å²) >= 11 is 4.29. The third kappa shape index (κ3) is 3.25. The Kier molecular flexibility index (Phi) is 4.90. The van der Waals surface area contributed by atoms with E-state index in [-0.39, 0.29) is 0 Å². The quantitative estimate of drug-likeness (QED) is 0.287. The maximum Gasteiger partial charge on any atom is 0.263 e. The fourth-order valence-electron chi connectivity index (χ4n) is 3.24. The summed E-state index contributed by atoms with van der Waals surface area (Å²) in [5.74, 6) is 0. The van der Waals surface area contributed by atoms with Crippen molar-refractivity contribution in [1.29, 1.82) is 0 Å². The molecule has 4 rings (SSSR count). The van der Waals surface area contributed by atoms with E-state index >= 15 is 0 Å². The van der Waals surface area contributed by atoms with Gasteiger partial charge < -0.3 is 4.90 Å². The predicted octanol–water partition coefficient (Wildman–Crippen LogP) is 5.43. The van der Waals surface area contributed by atoms with E-state index in [1.165, 1.54) is 42.9 Å². The van der Waals surface area contributed by atoms with Crippen molar-refractivity contribution in [3.63, 3.8) is 0 Å². The molecular formula is C21H20IN2S+. The number of hydrogen-bond acceptors (Lipinski definition) is 2. The number of anilines is 1. The molecule has 4 heteroatoms. The number of aromatic nitrogens is 1. The van der Waals surface area contributed by atoms with Crippen LogP contribution in [0.5, 0.6) is 0 Å². The Morgan fingerprint density at radius 3 is 2.76 bits per heavy atom. The summed E-state index contributed by atoms with van der Waals surface area (Å²) < 4.78 is 4.80. The summed E-state index contributed by atoms with van der Waals surface area (Å²) in [6.45, 7) is 1.07. The fraction of sp³-hybridized carbons (Fsp3) is 0.190. The van der Waals surface area contributed by atoms with Crippen LogP contribution in [0.2, 0.25) is 0 Å². The highest BCUT2D eigenvalue weighted by atomic mass is 127. The average molecular weight is 459 g/mol. The molecule has 0 atom stereocenters. The van der Waals surface area contributed by atoms with Crippen LogP contribution >= 0.6 is 33.9 Å². The first-order valence-electron chi connectivity index (χ1n) is 8.47. The Morgan fingerprint density at radius 1 is 1.12 bits per heavy atom. The van der Waals surface area contributed by atoms with E-state index in [0.717, 1.165) is 6.54 Å². The fourth-order valence-corrected chi connectivity index (χ4v) is 4.68. The first-order valence-corrected chi connectivity index (χ1v) is 10.8. The molecular weight excluding hydrogens is 439 g/mol. The second kappa shape index (κ2) is 7.30. The number of rotatable bonds is 4. The molecule has 126 valence electrons. The minimum absolute atomic E-state index is 1.07. The van der Waals surface area contributed by atoms with E-state index in [1.54, 1.807) is 0 Å². The van der Waals surface area contributed by atoms with Crippen molar-refractivity contribution >= 4 is 61.5 Å². The molecule has 1 aromatic heterocycles. The number of benzene rings is 2. The molecule has 0 saturated heterocycles. The molecule has 1 aliphatic heterocycles. The highest BCUT2D eigenvalue weighted by Crippen LogP contribution is 2.34. The second-order valence-corrected chi connectivity index (χ2v) is 8.28. The van der Waals surface area contributed by atoms with Crippen molar-refractivity contribution < 1.29 is 4.57 Å². The van der Waals surface area contributed by atoms with Gasteiger partial charge in [-0.15, -0.1) is 0 Å². The van der Waals surface area contributed by atoms with E-state index in [2.05, 4.69) is 106 Å². The molecule has 0 aliphatic carbocycles. The van der Waals surface area contributed by atoms with E-state index in [4.69, 9.17) is 0 Å². The van der Waals surface area contributed by atoms with Gasteiger partial charge in [0.15, 0.2) is 0 Å². The minimum atomic E-state index is 1.07. The Bertz CT molecular complexity index is 971. The van der Waals surface area contributed by atoms with Crippen LogP contribution in [0.3, 0.4) is 0 Å². The van der Waals surface area contributed by atoms with Gasteiger partial charge in [-0.1, -0.05) is 64.3 Å². The smallest absolute Gasteiger partial charge is 0.263 e. The molecule has 0 fully saturated rings. The molecule has 2 aromatic carbocycles. The van der Waals surface area contributed by atoms with Crippen LogP contribution < -0.4 is 9.47 Å². The van der Waals surface area contributed by atoms with Gasteiger partial charge in [0.25, 0.3) is 5.01 Å². The molecule has 0 amide bonds. The number of allylic oxidation sites excluding steroid dienone is 2. The van der Waals surface area contributed by atoms with Crippen molar-refractivity contribution in [3.05, 3.63) is 71.4 Å². The van der Waals surface area contributed by atoms with Gasteiger partial charge in [0.2, 0.25) is 5.52 Å². The Morgan fingerprint density at radius 2 is 1.92 bits per heavy atom. The zero-order valence-corrected chi connectivity index (χ0v) is 17.1. The summed E-state index contributed by atoms with van der Waals surface area (Å²) in [4.78, 5) is 2.37. The normalized spacial score (nSPS) is 15.1. The molecule has 2 heterocycles. The lowest BCUT2D eigenvalue weighted by atomic mass is 9.99. The van der Waals surface area contributed by atoms with E-state index < -0.39 is 0 Å².